The molecule has 0 radical (unpaired) electrons. The van der Waals surface area contributed by atoms with Crippen LogP contribution in [0.3, 0.4) is 0 Å². The fourth-order valence-corrected chi connectivity index (χ4v) is 2.03. The molecule has 0 aliphatic rings. The largest absolute Gasteiger partial charge is 0.494 e. The second-order valence-electron chi connectivity index (χ2n) is 4.36. The molecule has 20 heavy (non-hydrogen) atoms. The van der Waals surface area contributed by atoms with E-state index in [1.165, 1.54) is 0 Å². The molecule has 0 unspecified atom stereocenters. The highest BCUT2D eigenvalue weighted by Gasteiger charge is 2.02. The molecule has 0 fully saturated rings. The number of ether oxygens (including phenoxy) is 1. The van der Waals surface area contributed by atoms with E-state index in [0.717, 1.165) is 28.0 Å². The molecule has 3 aromatic rings. The highest BCUT2D eigenvalue weighted by Crippen LogP contribution is 2.23. The van der Waals surface area contributed by atoms with Gasteiger partial charge in [-0.1, -0.05) is 36.4 Å². The molecule has 1 heterocycles. The van der Waals surface area contributed by atoms with Gasteiger partial charge in [0.1, 0.15) is 11.3 Å². The van der Waals surface area contributed by atoms with Crippen LogP contribution in [0.4, 0.5) is 5.69 Å². The van der Waals surface area contributed by atoms with Crippen LogP contribution >= 0.6 is 0 Å². The van der Waals surface area contributed by atoms with E-state index in [2.05, 4.69) is 9.98 Å². The lowest BCUT2D eigenvalue weighted by molar-refractivity contribution is 0.419. The van der Waals surface area contributed by atoms with Gasteiger partial charge in [-0.3, -0.25) is 4.99 Å². The van der Waals surface area contributed by atoms with Crippen LogP contribution < -0.4 is 4.74 Å². The minimum absolute atomic E-state index is 0.775. The molecule has 3 rings (SSSR count). The van der Waals surface area contributed by atoms with E-state index in [1.807, 2.05) is 60.7 Å². The third kappa shape index (κ3) is 2.52. The zero-order valence-electron chi connectivity index (χ0n) is 11.2. The molecule has 2 aromatic carbocycles. The minimum atomic E-state index is 0.775. The Hall–Kier alpha value is -2.68. The van der Waals surface area contributed by atoms with Gasteiger partial charge in [-0.25, -0.2) is 4.98 Å². The van der Waals surface area contributed by atoms with Crippen molar-refractivity contribution in [1.82, 2.24) is 4.98 Å². The van der Waals surface area contributed by atoms with Crippen molar-refractivity contribution in [1.29, 1.82) is 0 Å². The second-order valence-corrected chi connectivity index (χ2v) is 4.36. The van der Waals surface area contributed by atoms with Gasteiger partial charge >= 0.3 is 0 Å². The van der Waals surface area contributed by atoms with Gasteiger partial charge in [0.2, 0.25) is 0 Å². The molecule has 3 nitrogen and oxygen atoms in total. The standard InChI is InChI=1S/C17H14N2O/c1-20-16-9-5-6-13-10-11-15(19-17(13)16)12-18-14-7-3-2-4-8-14/h2-12H,1H3. The van der Waals surface area contributed by atoms with Crippen molar-refractivity contribution in [3.05, 3.63) is 66.4 Å². The molecule has 0 saturated heterocycles. The fraction of sp³-hybridized carbons (Fsp3) is 0.0588. The first-order valence-corrected chi connectivity index (χ1v) is 6.40. The summed E-state index contributed by atoms with van der Waals surface area (Å²) in [5.41, 5.74) is 2.58. The lowest BCUT2D eigenvalue weighted by atomic mass is 10.2. The van der Waals surface area contributed by atoms with Crippen molar-refractivity contribution < 1.29 is 4.74 Å². The molecule has 0 bridgehead atoms. The van der Waals surface area contributed by atoms with Gasteiger partial charge in [-0.05, 0) is 24.3 Å². The van der Waals surface area contributed by atoms with Crippen molar-refractivity contribution in [2.24, 2.45) is 4.99 Å². The van der Waals surface area contributed by atoms with E-state index in [-0.39, 0.29) is 0 Å². The third-order valence-electron chi connectivity index (χ3n) is 3.03. The molecule has 1 aromatic heterocycles. The Labute approximate surface area is 117 Å². The van der Waals surface area contributed by atoms with Crippen LogP contribution in [0.25, 0.3) is 10.9 Å². The molecule has 0 atom stereocenters. The first-order valence-electron chi connectivity index (χ1n) is 6.40. The lowest BCUT2D eigenvalue weighted by Gasteiger charge is -2.04. The normalized spacial score (nSPS) is 11.1. The summed E-state index contributed by atoms with van der Waals surface area (Å²) in [6.07, 6.45) is 1.77. The van der Waals surface area contributed by atoms with Gasteiger partial charge in [0.15, 0.2) is 0 Å². The Balaban J connectivity index is 1.99. The van der Waals surface area contributed by atoms with Crippen molar-refractivity contribution >= 4 is 22.8 Å². The zero-order chi connectivity index (χ0) is 13.8. The quantitative estimate of drug-likeness (QED) is 0.669. The van der Waals surface area contributed by atoms with Gasteiger partial charge in [-0.2, -0.15) is 0 Å². The van der Waals surface area contributed by atoms with Crippen molar-refractivity contribution in [2.45, 2.75) is 0 Å². The molecule has 98 valence electrons. The summed E-state index contributed by atoms with van der Waals surface area (Å²) >= 11 is 0. The molecule has 0 spiro atoms. The summed E-state index contributed by atoms with van der Waals surface area (Å²) in [6.45, 7) is 0. The topological polar surface area (TPSA) is 34.5 Å². The summed E-state index contributed by atoms with van der Waals surface area (Å²) in [7, 11) is 1.65. The number of methoxy groups -OCH3 is 1. The molecule has 0 aliphatic carbocycles. The maximum absolute atomic E-state index is 5.34. The van der Waals surface area contributed by atoms with Crippen LogP contribution in [-0.4, -0.2) is 18.3 Å². The van der Waals surface area contributed by atoms with E-state index in [9.17, 15) is 0 Å². The number of hydrogen-bond donors (Lipinski definition) is 0. The number of benzene rings is 2. The van der Waals surface area contributed by atoms with E-state index >= 15 is 0 Å². The second kappa shape index (κ2) is 5.53. The number of rotatable bonds is 3. The van der Waals surface area contributed by atoms with Crippen LogP contribution in [0.1, 0.15) is 5.69 Å². The summed E-state index contributed by atoms with van der Waals surface area (Å²) < 4.78 is 5.34. The van der Waals surface area contributed by atoms with Crippen LogP contribution in [0.2, 0.25) is 0 Å². The average Bonchev–Trinajstić information content (AvgIpc) is 2.53. The van der Waals surface area contributed by atoms with E-state index in [4.69, 9.17) is 4.74 Å². The number of fused-ring (bicyclic) bond motifs is 1. The average molecular weight is 262 g/mol. The number of aromatic nitrogens is 1. The Kier molecular flexibility index (Phi) is 3.42. The minimum Gasteiger partial charge on any atom is -0.494 e. The summed E-state index contributed by atoms with van der Waals surface area (Å²) in [5, 5.41) is 1.06. The zero-order valence-corrected chi connectivity index (χ0v) is 11.2. The monoisotopic (exact) mass is 262 g/mol. The first-order chi connectivity index (χ1) is 9.86. The van der Waals surface area contributed by atoms with E-state index < -0.39 is 0 Å². The van der Waals surface area contributed by atoms with Gasteiger partial charge in [-0.15, -0.1) is 0 Å². The Bertz CT molecular complexity index is 751. The van der Waals surface area contributed by atoms with Gasteiger partial charge < -0.3 is 4.74 Å². The van der Waals surface area contributed by atoms with Crippen molar-refractivity contribution in [3.8, 4) is 5.75 Å². The maximum Gasteiger partial charge on any atom is 0.145 e. The molecular weight excluding hydrogens is 248 g/mol. The van der Waals surface area contributed by atoms with Crippen molar-refractivity contribution in [3.63, 3.8) is 0 Å². The summed E-state index contributed by atoms with van der Waals surface area (Å²) in [6, 6.07) is 19.7. The van der Waals surface area contributed by atoms with E-state index in [0.29, 0.717) is 0 Å². The lowest BCUT2D eigenvalue weighted by Crippen LogP contribution is -1.91. The summed E-state index contributed by atoms with van der Waals surface area (Å²) in [4.78, 5) is 9.00. The molecule has 0 saturated carbocycles. The SMILES string of the molecule is COc1cccc2ccc(C=Nc3ccccc3)nc12. The highest BCUT2D eigenvalue weighted by atomic mass is 16.5. The number of hydrogen-bond acceptors (Lipinski definition) is 3. The van der Waals surface area contributed by atoms with Gasteiger partial charge in [0, 0.05) is 5.39 Å². The smallest absolute Gasteiger partial charge is 0.145 e. The number of pyridine rings is 1. The number of aliphatic imine (C=N–C) groups is 1. The van der Waals surface area contributed by atoms with Crippen LogP contribution in [-0.2, 0) is 0 Å². The van der Waals surface area contributed by atoms with Crippen LogP contribution in [0.15, 0.2) is 65.7 Å². The van der Waals surface area contributed by atoms with Gasteiger partial charge in [0.05, 0.1) is 24.7 Å². The summed E-state index contributed by atoms with van der Waals surface area (Å²) in [5.74, 6) is 0.775. The first kappa shape index (κ1) is 12.4. The number of para-hydroxylation sites is 2. The Morgan fingerprint density at radius 3 is 2.60 bits per heavy atom. The van der Waals surface area contributed by atoms with Crippen LogP contribution in [0.5, 0.6) is 5.75 Å². The fourth-order valence-electron chi connectivity index (χ4n) is 2.03. The third-order valence-corrected chi connectivity index (χ3v) is 3.03. The Morgan fingerprint density at radius 1 is 0.950 bits per heavy atom. The van der Waals surface area contributed by atoms with E-state index in [1.54, 1.807) is 13.3 Å². The molecular formula is C17H14N2O. The predicted octanol–water partition coefficient (Wildman–Crippen LogP) is 3.99. The molecule has 0 aliphatic heterocycles. The number of nitrogens with zero attached hydrogens (tertiary/aromatic N) is 2. The highest BCUT2D eigenvalue weighted by molar-refractivity contribution is 5.89. The maximum atomic E-state index is 5.34. The molecule has 3 heteroatoms. The van der Waals surface area contributed by atoms with Gasteiger partial charge in [0.25, 0.3) is 0 Å². The molecule has 0 N–H and O–H groups in total. The Morgan fingerprint density at radius 2 is 1.80 bits per heavy atom. The van der Waals surface area contributed by atoms with Crippen molar-refractivity contribution in [2.75, 3.05) is 7.11 Å². The van der Waals surface area contributed by atoms with Crippen LogP contribution in [0, 0.1) is 0 Å². The predicted molar refractivity (Wildman–Crippen MR) is 82.0 cm³/mol. The molecule has 0 amide bonds.